The third-order valence-corrected chi connectivity index (χ3v) is 3.61. The summed E-state index contributed by atoms with van der Waals surface area (Å²) in [5.41, 5.74) is 2.03. The molecule has 104 valence electrons. The highest BCUT2D eigenvalue weighted by atomic mass is 79.9. The van der Waals surface area contributed by atoms with Crippen LogP contribution in [-0.2, 0) is 6.54 Å². The Morgan fingerprint density at radius 1 is 1.35 bits per heavy atom. The van der Waals surface area contributed by atoms with E-state index >= 15 is 0 Å². The van der Waals surface area contributed by atoms with Gasteiger partial charge in [0.25, 0.3) is 0 Å². The first-order valence-corrected chi connectivity index (χ1v) is 7.04. The van der Waals surface area contributed by atoms with Gasteiger partial charge >= 0.3 is 0 Å². The Kier molecular flexibility index (Phi) is 3.64. The highest BCUT2D eigenvalue weighted by Gasteiger charge is 2.14. The fraction of sp³-hybridized carbons (Fsp3) is 0.214. The molecule has 1 aliphatic rings. The van der Waals surface area contributed by atoms with Crippen LogP contribution in [0.15, 0.2) is 35.6 Å². The smallest absolute Gasteiger partial charge is 0.163 e. The molecule has 1 aromatic carbocycles. The molecule has 1 aliphatic heterocycles. The van der Waals surface area contributed by atoms with Crippen molar-refractivity contribution >= 4 is 27.8 Å². The number of anilines is 1. The van der Waals surface area contributed by atoms with Gasteiger partial charge in [0.2, 0.25) is 0 Å². The first kappa shape index (κ1) is 13.1. The van der Waals surface area contributed by atoms with Crippen molar-refractivity contribution in [2.45, 2.75) is 6.54 Å². The lowest BCUT2D eigenvalue weighted by Crippen LogP contribution is -2.15. The topological polar surface area (TPSA) is 48.3 Å². The predicted octanol–water partition coefficient (Wildman–Crippen LogP) is 3.13. The van der Waals surface area contributed by atoms with E-state index < -0.39 is 0 Å². The second kappa shape index (κ2) is 5.58. The molecular weight excluding hydrogens is 322 g/mol. The minimum atomic E-state index is 0.584. The molecule has 2 heterocycles. The van der Waals surface area contributed by atoms with Crippen molar-refractivity contribution < 1.29 is 9.47 Å². The number of nitrogens with one attached hydrogen (secondary N) is 1. The minimum absolute atomic E-state index is 0.584. The molecule has 0 radical (unpaired) electrons. The average molecular weight is 336 g/mol. The summed E-state index contributed by atoms with van der Waals surface area (Å²) in [5.74, 6) is 1.54. The normalized spacial score (nSPS) is 13.1. The fourth-order valence-corrected chi connectivity index (χ4v) is 2.43. The van der Waals surface area contributed by atoms with E-state index in [1.807, 2.05) is 18.3 Å². The Balaban J connectivity index is 1.75. The van der Waals surface area contributed by atoms with Crippen molar-refractivity contribution in [2.24, 2.45) is 0 Å². The number of rotatable bonds is 4. The summed E-state index contributed by atoms with van der Waals surface area (Å²) in [6.45, 7) is 5.51. The Labute approximate surface area is 125 Å². The van der Waals surface area contributed by atoms with Gasteiger partial charge in [0.05, 0.1) is 11.9 Å². The van der Waals surface area contributed by atoms with Crippen LogP contribution in [0.1, 0.15) is 5.56 Å². The number of halogens is 1. The van der Waals surface area contributed by atoms with Gasteiger partial charge in [-0.2, -0.15) is 5.10 Å². The largest absolute Gasteiger partial charge is 0.486 e. The molecule has 6 heteroatoms. The van der Waals surface area contributed by atoms with E-state index in [4.69, 9.17) is 9.47 Å². The monoisotopic (exact) mass is 335 g/mol. The third-order valence-electron chi connectivity index (χ3n) is 2.96. The molecular formula is C14H14BrN3O2. The standard InChI is InChI=1S/C14H14BrN3O2/c1-2-18-9-10(8-17-18)7-16-12-6-14-13(5-11(12)15)19-3-4-20-14/h2,5-6,8-9,16H,1,3-4,7H2. The van der Waals surface area contributed by atoms with Gasteiger partial charge in [-0.05, 0) is 15.9 Å². The van der Waals surface area contributed by atoms with Crippen molar-refractivity contribution in [3.05, 3.63) is 41.1 Å². The number of hydrogen-bond acceptors (Lipinski definition) is 4. The molecule has 1 aromatic heterocycles. The van der Waals surface area contributed by atoms with Gasteiger partial charge in [0.1, 0.15) is 13.2 Å². The lowest BCUT2D eigenvalue weighted by Gasteiger charge is -2.20. The quantitative estimate of drug-likeness (QED) is 0.932. The summed E-state index contributed by atoms with van der Waals surface area (Å²) >= 11 is 3.53. The summed E-state index contributed by atoms with van der Waals surface area (Å²) in [7, 11) is 0. The molecule has 0 amide bonds. The zero-order chi connectivity index (χ0) is 13.9. The Morgan fingerprint density at radius 2 is 2.10 bits per heavy atom. The van der Waals surface area contributed by atoms with Gasteiger partial charge in [0.15, 0.2) is 11.5 Å². The van der Waals surface area contributed by atoms with E-state index in [-0.39, 0.29) is 0 Å². The average Bonchev–Trinajstić information content (AvgIpc) is 2.93. The molecule has 0 atom stereocenters. The lowest BCUT2D eigenvalue weighted by atomic mass is 10.2. The zero-order valence-corrected chi connectivity index (χ0v) is 12.4. The number of aromatic nitrogens is 2. The minimum Gasteiger partial charge on any atom is -0.486 e. The van der Waals surface area contributed by atoms with Crippen LogP contribution in [0.3, 0.4) is 0 Å². The maximum absolute atomic E-state index is 5.58. The Morgan fingerprint density at radius 3 is 2.80 bits per heavy atom. The van der Waals surface area contributed by atoms with Crippen molar-refractivity contribution in [1.29, 1.82) is 0 Å². The van der Waals surface area contributed by atoms with Crippen molar-refractivity contribution in [3.8, 4) is 11.5 Å². The number of ether oxygens (including phenoxy) is 2. The third kappa shape index (κ3) is 2.65. The van der Waals surface area contributed by atoms with Crippen LogP contribution in [0.25, 0.3) is 6.20 Å². The number of benzene rings is 1. The zero-order valence-electron chi connectivity index (χ0n) is 10.8. The molecule has 0 unspecified atom stereocenters. The fourth-order valence-electron chi connectivity index (χ4n) is 1.97. The number of hydrogen-bond donors (Lipinski definition) is 1. The summed E-state index contributed by atoms with van der Waals surface area (Å²) < 4.78 is 13.7. The molecule has 1 N–H and O–H groups in total. The maximum Gasteiger partial charge on any atom is 0.163 e. The highest BCUT2D eigenvalue weighted by molar-refractivity contribution is 9.10. The van der Waals surface area contributed by atoms with Gasteiger partial charge in [-0.25, -0.2) is 4.68 Å². The van der Waals surface area contributed by atoms with Crippen LogP contribution in [-0.4, -0.2) is 23.0 Å². The molecule has 3 rings (SSSR count). The van der Waals surface area contributed by atoms with Crippen LogP contribution in [0, 0.1) is 0 Å². The van der Waals surface area contributed by atoms with Gasteiger partial charge in [-0.15, -0.1) is 0 Å². The summed E-state index contributed by atoms with van der Waals surface area (Å²) in [6.07, 6.45) is 5.38. The van der Waals surface area contributed by atoms with E-state index in [1.54, 1.807) is 17.1 Å². The Bertz CT molecular complexity index is 639. The van der Waals surface area contributed by atoms with E-state index in [9.17, 15) is 0 Å². The van der Waals surface area contributed by atoms with Gasteiger partial charge in [0, 0.05) is 41.1 Å². The van der Waals surface area contributed by atoms with Crippen LogP contribution in [0.2, 0.25) is 0 Å². The summed E-state index contributed by atoms with van der Waals surface area (Å²) in [6, 6.07) is 3.86. The molecule has 0 aliphatic carbocycles. The van der Waals surface area contributed by atoms with Crippen LogP contribution < -0.4 is 14.8 Å². The molecule has 0 saturated carbocycles. The first-order valence-electron chi connectivity index (χ1n) is 6.25. The van der Waals surface area contributed by atoms with Gasteiger partial charge in [-0.1, -0.05) is 6.58 Å². The molecule has 0 fully saturated rings. The van der Waals surface area contributed by atoms with E-state index in [0.717, 1.165) is 27.2 Å². The molecule has 0 bridgehead atoms. The van der Waals surface area contributed by atoms with Crippen molar-refractivity contribution in [3.63, 3.8) is 0 Å². The summed E-state index contributed by atoms with van der Waals surface area (Å²) in [5, 5.41) is 7.49. The molecule has 5 nitrogen and oxygen atoms in total. The van der Waals surface area contributed by atoms with Crippen LogP contribution >= 0.6 is 15.9 Å². The predicted molar refractivity (Wildman–Crippen MR) is 81.1 cm³/mol. The molecule has 0 spiro atoms. The molecule has 20 heavy (non-hydrogen) atoms. The van der Waals surface area contributed by atoms with Crippen molar-refractivity contribution in [1.82, 2.24) is 9.78 Å². The SMILES string of the molecule is C=Cn1cc(CNc2cc3c(cc2Br)OCCO3)cn1. The lowest BCUT2D eigenvalue weighted by molar-refractivity contribution is 0.171. The van der Waals surface area contributed by atoms with Crippen LogP contribution in [0.4, 0.5) is 5.69 Å². The molecule has 0 saturated heterocycles. The van der Waals surface area contributed by atoms with Gasteiger partial charge < -0.3 is 14.8 Å². The second-order valence-electron chi connectivity index (χ2n) is 4.34. The Hall–Kier alpha value is -1.95. The maximum atomic E-state index is 5.58. The number of nitrogens with zero attached hydrogens (tertiary/aromatic N) is 2. The first-order chi connectivity index (χ1) is 9.76. The van der Waals surface area contributed by atoms with E-state index in [1.165, 1.54) is 0 Å². The van der Waals surface area contributed by atoms with Gasteiger partial charge in [-0.3, -0.25) is 0 Å². The second-order valence-corrected chi connectivity index (χ2v) is 5.19. The van der Waals surface area contributed by atoms with E-state index in [0.29, 0.717) is 19.8 Å². The van der Waals surface area contributed by atoms with Crippen LogP contribution in [0.5, 0.6) is 11.5 Å². The van der Waals surface area contributed by atoms with Crippen molar-refractivity contribution in [2.75, 3.05) is 18.5 Å². The van der Waals surface area contributed by atoms with E-state index in [2.05, 4.69) is 32.9 Å². The number of fused-ring (bicyclic) bond motifs is 1. The summed E-state index contributed by atoms with van der Waals surface area (Å²) in [4.78, 5) is 0. The highest BCUT2D eigenvalue weighted by Crippen LogP contribution is 2.38. The molecule has 2 aromatic rings.